The minimum Gasteiger partial charge on any atom is -0.461 e. The number of hydrogen-bond acceptors (Lipinski definition) is 11. The molecule has 1 aromatic rings. The maximum absolute atomic E-state index is 13.3. The molecule has 8 amide bonds. The smallest absolute Gasteiger partial charge is 0.312 e. The number of carbonyl (C=O) groups is 8. The van der Waals surface area contributed by atoms with Gasteiger partial charge in [-0.2, -0.15) is 0 Å². The van der Waals surface area contributed by atoms with Gasteiger partial charge < -0.3 is 36.5 Å². The number of benzene rings is 1. The number of carbonyl (C=O) groups excluding carboxylic acids is 8. The first-order valence-electron chi connectivity index (χ1n) is 15.9. The Morgan fingerprint density at radius 3 is 2.16 bits per heavy atom. The monoisotopic (exact) mass is 703 g/mol. The highest BCUT2D eigenvalue weighted by Gasteiger charge is 2.29. The highest BCUT2D eigenvalue weighted by molar-refractivity contribution is 6.13. The predicted octanol–water partition coefficient (Wildman–Crippen LogP) is -0.468. The van der Waals surface area contributed by atoms with Crippen LogP contribution in [0.4, 0.5) is 10.5 Å². The van der Waals surface area contributed by atoms with Crippen LogP contribution in [0.3, 0.4) is 0 Å². The zero-order chi connectivity index (χ0) is 37.1. The molecule has 0 saturated carbocycles. The van der Waals surface area contributed by atoms with Crippen molar-refractivity contribution in [3.05, 3.63) is 42.0 Å². The van der Waals surface area contributed by atoms with Crippen molar-refractivity contribution in [1.82, 2.24) is 26.3 Å². The van der Waals surface area contributed by atoms with Crippen molar-refractivity contribution in [3.8, 4) is 0 Å². The third kappa shape index (κ3) is 15.7. The summed E-state index contributed by atoms with van der Waals surface area (Å²) in [6, 6.07) is 3.85. The molecule has 1 heterocycles. The fourth-order valence-electron chi connectivity index (χ4n) is 4.34. The first kappa shape index (κ1) is 40.8. The molecule has 0 aromatic heterocycles. The second-order valence-electron chi connectivity index (χ2n) is 11.4. The second kappa shape index (κ2) is 21.6. The number of esters is 1. The van der Waals surface area contributed by atoms with Gasteiger partial charge in [0.25, 0.3) is 11.8 Å². The van der Waals surface area contributed by atoms with Gasteiger partial charge >= 0.3 is 12.0 Å². The zero-order valence-electron chi connectivity index (χ0n) is 28.3. The third-order valence-corrected chi connectivity index (χ3v) is 6.98. The van der Waals surface area contributed by atoms with Gasteiger partial charge in [0.1, 0.15) is 18.7 Å². The fourth-order valence-corrected chi connectivity index (χ4v) is 4.34. The molecule has 0 spiro atoms. The topological polar surface area (TPSA) is 254 Å². The van der Waals surface area contributed by atoms with E-state index in [-0.39, 0.29) is 64.7 Å². The molecule has 1 aromatic carbocycles. The Bertz CT molecular complexity index is 1380. The van der Waals surface area contributed by atoms with Crippen molar-refractivity contribution >= 4 is 53.1 Å². The van der Waals surface area contributed by atoms with E-state index in [0.717, 1.165) is 17.1 Å². The molecule has 50 heavy (non-hydrogen) atoms. The molecule has 0 saturated heterocycles. The number of ether oxygens (including phenoxy) is 2. The van der Waals surface area contributed by atoms with E-state index >= 15 is 0 Å². The summed E-state index contributed by atoms with van der Waals surface area (Å²) >= 11 is 0. The molecule has 1 aliphatic rings. The minimum absolute atomic E-state index is 0.0146. The number of imide groups is 1. The van der Waals surface area contributed by atoms with E-state index in [2.05, 4.69) is 26.7 Å². The van der Waals surface area contributed by atoms with Gasteiger partial charge in [-0.3, -0.25) is 43.3 Å². The molecule has 2 atom stereocenters. The van der Waals surface area contributed by atoms with Gasteiger partial charge in [0, 0.05) is 50.7 Å². The highest BCUT2D eigenvalue weighted by atomic mass is 16.7. The van der Waals surface area contributed by atoms with E-state index in [1.54, 1.807) is 38.1 Å². The standard InChI is InChI=1S/C32H45N7O11/c1-20(2)29(37-25(41)13-16-48-17-18-50-38-26(42)12-15-39-27(43)10-11-28(39)44)31(46)36-24(5-4-14-34-32(33)47)30(45)35-23-8-6-22(7-9-23)19-49-21(3)40/h6-11,20,24,29H,4-5,12-19H2,1-3H3,(H,35,45)(H,36,46)(H,37,41)(H,38,42)(H3,33,34,47)/t24-,29-/m0/s1. The number of anilines is 1. The van der Waals surface area contributed by atoms with Crippen LogP contribution in [-0.4, -0.2) is 97.3 Å². The lowest BCUT2D eigenvalue weighted by Crippen LogP contribution is -2.54. The van der Waals surface area contributed by atoms with Gasteiger partial charge in [0.2, 0.25) is 23.6 Å². The number of urea groups is 1. The van der Waals surface area contributed by atoms with Gasteiger partial charge in [-0.15, -0.1) is 0 Å². The van der Waals surface area contributed by atoms with Crippen LogP contribution in [-0.2, 0) is 54.5 Å². The molecule has 1 aliphatic heterocycles. The Balaban J connectivity index is 1.80. The lowest BCUT2D eigenvalue weighted by atomic mass is 10.0. The van der Waals surface area contributed by atoms with Gasteiger partial charge in [-0.05, 0) is 36.5 Å². The van der Waals surface area contributed by atoms with E-state index in [1.165, 1.54) is 6.92 Å². The molecule has 0 unspecified atom stereocenters. The number of hydroxylamine groups is 1. The normalized spacial score (nSPS) is 13.4. The number of rotatable bonds is 22. The van der Waals surface area contributed by atoms with Crippen molar-refractivity contribution in [2.75, 3.05) is 38.2 Å². The van der Waals surface area contributed by atoms with Crippen molar-refractivity contribution in [2.45, 2.75) is 65.1 Å². The average molecular weight is 704 g/mol. The molecule has 18 nitrogen and oxygen atoms in total. The molecule has 2 rings (SSSR count). The molecule has 0 aliphatic carbocycles. The van der Waals surface area contributed by atoms with Gasteiger partial charge in [-0.1, -0.05) is 26.0 Å². The summed E-state index contributed by atoms with van der Waals surface area (Å²) in [5.74, 6) is -3.88. The van der Waals surface area contributed by atoms with Crippen LogP contribution in [0.2, 0.25) is 0 Å². The lowest BCUT2D eigenvalue weighted by molar-refractivity contribution is -0.142. The van der Waals surface area contributed by atoms with Crippen LogP contribution in [0, 0.1) is 5.92 Å². The maximum Gasteiger partial charge on any atom is 0.312 e. The third-order valence-electron chi connectivity index (χ3n) is 6.98. The van der Waals surface area contributed by atoms with Crippen LogP contribution >= 0.6 is 0 Å². The number of nitrogens with two attached hydrogens (primary N) is 1. The summed E-state index contributed by atoms with van der Waals surface area (Å²) in [7, 11) is 0. The summed E-state index contributed by atoms with van der Waals surface area (Å²) in [5, 5.41) is 10.5. The quantitative estimate of drug-likeness (QED) is 0.0390. The number of amides is 8. The van der Waals surface area contributed by atoms with Crippen LogP contribution in [0.5, 0.6) is 0 Å². The van der Waals surface area contributed by atoms with Gasteiger partial charge in [0.15, 0.2) is 0 Å². The Kier molecular flexibility index (Phi) is 17.6. The molecule has 0 bridgehead atoms. The van der Waals surface area contributed by atoms with Crippen molar-refractivity contribution in [1.29, 1.82) is 0 Å². The number of nitrogens with zero attached hydrogens (tertiary/aromatic N) is 1. The van der Waals surface area contributed by atoms with Crippen LogP contribution in [0.1, 0.15) is 52.0 Å². The number of primary amides is 1. The lowest BCUT2D eigenvalue weighted by Gasteiger charge is -2.25. The van der Waals surface area contributed by atoms with E-state index in [4.69, 9.17) is 20.0 Å². The van der Waals surface area contributed by atoms with E-state index < -0.39 is 59.5 Å². The molecule has 0 fully saturated rings. The summed E-state index contributed by atoms with van der Waals surface area (Å²) in [6.45, 7) is 4.90. The molecule has 274 valence electrons. The molecule has 0 radical (unpaired) electrons. The minimum atomic E-state index is -1.03. The van der Waals surface area contributed by atoms with Crippen LogP contribution in [0.15, 0.2) is 36.4 Å². The molecule has 18 heteroatoms. The summed E-state index contributed by atoms with van der Waals surface area (Å²) < 4.78 is 10.3. The summed E-state index contributed by atoms with van der Waals surface area (Å²) in [5.41, 5.74) is 8.43. The van der Waals surface area contributed by atoms with Gasteiger partial charge in [-0.25, -0.2) is 10.3 Å². The summed E-state index contributed by atoms with van der Waals surface area (Å²) in [4.78, 5) is 102. The van der Waals surface area contributed by atoms with Crippen molar-refractivity contribution in [3.63, 3.8) is 0 Å². The largest absolute Gasteiger partial charge is 0.461 e. The first-order valence-corrected chi connectivity index (χ1v) is 15.9. The van der Waals surface area contributed by atoms with E-state index in [9.17, 15) is 38.4 Å². The number of nitrogens with one attached hydrogen (secondary N) is 5. The number of hydrogen-bond donors (Lipinski definition) is 6. The van der Waals surface area contributed by atoms with Crippen molar-refractivity contribution < 1.29 is 52.7 Å². The molecular weight excluding hydrogens is 658 g/mol. The average Bonchev–Trinajstić information content (AvgIpc) is 3.38. The van der Waals surface area contributed by atoms with E-state index in [0.29, 0.717) is 17.7 Å². The van der Waals surface area contributed by atoms with Gasteiger partial charge in [0.05, 0.1) is 19.8 Å². The molecular formula is C32H45N7O11. The maximum atomic E-state index is 13.3. The fraction of sp³-hybridized carbons (Fsp3) is 0.500. The predicted molar refractivity (Wildman–Crippen MR) is 176 cm³/mol. The second-order valence-corrected chi connectivity index (χ2v) is 11.4. The Morgan fingerprint density at radius 1 is 0.860 bits per heavy atom. The first-order chi connectivity index (χ1) is 23.8. The van der Waals surface area contributed by atoms with Crippen LogP contribution in [0.25, 0.3) is 0 Å². The Morgan fingerprint density at radius 2 is 1.54 bits per heavy atom. The Labute approximate surface area is 289 Å². The Hall–Kier alpha value is -5.36. The van der Waals surface area contributed by atoms with Crippen LogP contribution < -0.4 is 32.5 Å². The SMILES string of the molecule is CC(=O)OCc1ccc(NC(=O)[C@H](CCCNC(N)=O)NC(=O)[C@@H](NC(=O)CCOCCONC(=O)CCN2C(=O)C=CC2=O)C(C)C)cc1. The zero-order valence-corrected chi connectivity index (χ0v) is 28.3. The summed E-state index contributed by atoms with van der Waals surface area (Å²) in [6.07, 6.45) is 2.47. The highest BCUT2D eigenvalue weighted by Crippen LogP contribution is 2.13. The van der Waals surface area contributed by atoms with E-state index in [1.807, 2.05) is 0 Å². The molecule has 7 N–H and O–H groups in total. The van der Waals surface area contributed by atoms with Crippen molar-refractivity contribution in [2.24, 2.45) is 11.7 Å².